The molecule has 0 radical (unpaired) electrons. The van der Waals surface area contributed by atoms with Crippen molar-refractivity contribution in [2.24, 2.45) is 5.73 Å². The maximum Gasteiger partial charge on any atom is 0.338 e. The molecule has 2 rings (SSSR count). The normalized spacial score (nSPS) is 14.8. The molecule has 0 spiro atoms. The van der Waals surface area contributed by atoms with E-state index < -0.39 is 28.0 Å². The van der Waals surface area contributed by atoms with Gasteiger partial charge in [-0.15, -0.1) is 20.2 Å². The van der Waals surface area contributed by atoms with Crippen LogP contribution < -0.4 is 11.1 Å². The van der Waals surface area contributed by atoms with Crippen molar-refractivity contribution in [1.29, 1.82) is 5.26 Å². The van der Waals surface area contributed by atoms with E-state index in [2.05, 4.69) is 15.0 Å². The van der Waals surface area contributed by atoms with E-state index in [1.165, 1.54) is 19.1 Å². The van der Waals surface area contributed by atoms with E-state index in [0.29, 0.717) is 5.56 Å². The van der Waals surface area contributed by atoms with Crippen LogP contribution in [0.4, 0.5) is 0 Å². The van der Waals surface area contributed by atoms with Gasteiger partial charge < -0.3 is 30.2 Å². The Hall–Kier alpha value is -4.87. The summed E-state index contributed by atoms with van der Waals surface area (Å²) in [6.07, 6.45) is 0.0675. The molecule has 15 heteroatoms. The highest BCUT2D eigenvalue weighted by Gasteiger charge is 2.38. The highest BCUT2D eigenvalue weighted by atomic mass is 17.0. The molecular formula is C21H23N5O10. The van der Waals surface area contributed by atoms with Crippen LogP contribution in [-0.4, -0.2) is 48.5 Å². The van der Waals surface area contributed by atoms with E-state index in [9.17, 15) is 35.1 Å². The Morgan fingerprint density at radius 3 is 2.11 bits per heavy atom. The smallest absolute Gasteiger partial charge is 0.338 e. The summed E-state index contributed by atoms with van der Waals surface area (Å²) < 4.78 is 10.4. The molecule has 0 aliphatic carbocycles. The molecular weight excluding hydrogens is 482 g/mol. The van der Waals surface area contributed by atoms with Crippen LogP contribution in [0.2, 0.25) is 0 Å². The summed E-state index contributed by atoms with van der Waals surface area (Å²) in [5.74, 6) is -2.90. The number of benzene rings is 1. The van der Waals surface area contributed by atoms with Gasteiger partial charge >= 0.3 is 11.9 Å². The van der Waals surface area contributed by atoms with Gasteiger partial charge in [0.05, 0.1) is 55.1 Å². The molecule has 1 aromatic rings. The average molecular weight is 505 g/mol. The molecule has 1 aromatic carbocycles. The number of esters is 2. The third kappa shape index (κ3) is 7.58. The monoisotopic (exact) mass is 505 g/mol. The first-order valence-electron chi connectivity index (χ1n) is 10.5. The van der Waals surface area contributed by atoms with Gasteiger partial charge in [-0.25, -0.2) is 9.59 Å². The average Bonchev–Trinajstić information content (AvgIpc) is 2.82. The van der Waals surface area contributed by atoms with E-state index in [1.54, 1.807) is 12.1 Å². The lowest BCUT2D eigenvalue weighted by Gasteiger charge is -2.30. The minimum absolute atomic E-state index is 0.0121. The van der Waals surface area contributed by atoms with Gasteiger partial charge in [-0.1, -0.05) is 12.1 Å². The van der Waals surface area contributed by atoms with Crippen LogP contribution in [0.1, 0.15) is 36.8 Å². The van der Waals surface area contributed by atoms with Crippen molar-refractivity contribution in [1.82, 2.24) is 5.32 Å². The van der Waals surface area contributed by atoms with E-state index in [4.69, 9.17) is 15.2 Å². The molecule has 1 aliphatic heterocycles. The van der Waals surface area contributed by atoms with Crippen LogP contribution in [0.15, 0.2) is 46.9 Å². The molecule has 15 nitrogen and oxygen atoms in total. The zero-order chi connectivity index (χ0) is 26.7. The maximum atomic E-state index is 13.0. The van der Waals surface area contributed by atoms with Crippen molar-refractivity contribution >= 4 is 11.9 Å². The number of hydrogen-bond donors (Lipinski definition) is 2. The molecule has 0 bridgehead atoms. The highest BCUT2D eigenvalue weighted by Crippen LogP contribution is 2.38. The Balaban J connectivity index is 2.30. The number of dihydropyridines is 1. The van der Waals surface area contributed by atoms with Crippen molar-refractivity contribution in [2.75, 3.05) is 26.4 Å². The third-order valence-corrected chi connectivity index (χ3v) is 4.82. The summed E-state index contributed by atoms with van der Waals surface area (Å²) >= 11 is 0. The largest absolute Gasteiger partial charge is 0.462 e. The van der Waals surface area contributed by atoms with Gasteiger partial charge in [0.15, 0.2) is 0 Å². The fraction of sp³-hybridized carbons (Fsp3) is 0.381. The first kappa shape index (κ1) is 27.4. The lowest BCUT2D eigenvalue weighted by molar-refractivity contribution is -0.757. The minimum Gasteiger partial charge on any atom is -0.462 e. The Morgan fingerprint density at radius 1 is 1.03 bits per heavy atom. The van der Waals surface area contributed by atoms with Gasteiger partial charge in [0.1, 0.15) is 5.82 Å². The number of ether oxygens (including phenoxy) is 2. The molecule has 1 atom stereocenters. The van der Waals surface area contributed by atoms with Gasteiger partial charge in [0.25, 0.3) is 10.2 Å². The summed E-state index contributed by atoms with van der Waals surface area (Å²) in [6.45, 7) is 0.529. The number of allylic oxidation sites excluding steroid dienone is 1. The molecule has 1 unspecified atom stereocenters. The van der Waals surface area contributed by atoms with Gasteiger partial charge in [-0.05, 0) is 24.6 Å². The van der Waals surface area contributed by atoms with E-state index >= 15 is 0 Å². The van der Waals surface area contributed by atoms with Crippen molar-refractivity contribution < 1.29 is 38.9 Å². The highest BCUT2D eigenvalue weighted by molar-refractivity contribution is 5.99. The summed E-state index contributed by atoms with van der Waals surface area (Å²) in [4.78, 5) is 54.9. The number of nitriles is 1. The standard InChI is InChI=1S/C21H23N5O10/c1-13-16(20(27)33-7-3-9-35-25(29)30)17(15-6-2-5-14(11-15)12-22)18(19(23)24-13)21(28)34-8-4-10-36-26(31)32/h2,5-6,11,17,24H,3-4,7-10,23H2,1H3. The third-order valence-electron chi connectivity index (χ3n) is 4.82. The van der Waals surface area contributed by atoms with E-state index in [-0.39, 0.29) is 67.5 Å². The molecule has 0 aromatic heterocycles. The summed E-state index contributed by atoms with van der Waals surface area (Å²) in [5, 5.41) is 30.6. The number of nitrogens with zero attached hydrogens (tertiary/aromatic N) is 3. The summed E-state index contributed by atoms with van der Waals surface area (Å²) in [7, 11) is 0. The van der Waals surface area contributed by atoms with Crippen LogP contribution in [0, 0.1) is 31.6 Å². The SMILES string of the molecule is CC1=C(C(=O)OCCCO[N+](=O)[O-])C(c2cccc(C#N)c2)C(C(=O)OCCCO[N+](=O)[O-])=C(N)N1. The fourth-order valence-corrected chi connectivity index (χ4v) is 3.35. The molecule has 1 heterocycles. The zero-order valence-corrected chi connectivity index (χ0v) is 19.1. The number of carbonyl (C=O) groups is 2. The molecule has 192 valence electrons. The summed E-state index contributed by atoms with van der Waals surface area (Å²) in [5.41, 5.74) is 6.89. The zero-order valence-electron chi connectivity index (χ0n) is 19.1. The second-order valence-corrected chi connectivity index (χ2v) is 7.25. The Bertz CT molecular complexity index is 1070. The lowest BCUT2D eigenvalue weighted by Crippen LogP contribution is -2.36. The van der Waals surface area contributed by atoms with Crippen LogP contribution in [0.3, 0.4) is 0 Å². The van der Waals surface area contributed by atoms with Gasteiger partial charge in [-0.3, -0.25) is 0 Å². The van der Waals surface area contributed by atoms with Crippen molar-refractivity contribution in [3.63, 3.8) is 0 Å². The number of hydrogen-bond acceptors (Lipinski definition) is 13. The van der Waals surface area contributed by atoms with E-state index in [0.717, 1.165) is 0 Å². The molecule has 1 aliphatic rings. The molecule has 3 N–H and O–H groups in total. The predicted octanol–water partition coefficient (Wildman–Crippen LogP) is 0.973. The number of rotatable bonds is 13. The minimum atomic E-state index is -1.08. The molecule has 0 saturated heterocycles. The lowest BCUT2D eigenvalue weighted by atomic mass is 9.81. The van der Waals surface area contributed by atoms with E-state index in [1.807, 2.05) is 6.07 Å². The maximum absolute atomic E-state index is 13.0. The number of nitrogens with two attached hydrogens (primary N) is 1. The van der Waals surface area contributed by atoms with Gasteiger partial charge in [0, 0.05) is 18.5 Å². The number of nitrogens with one attached hydrogen (secondary N) is 1. The number of carbonyl (C=O) groups excluding carboxylic acids is 2. The Labute approximate surface area is 204 Å². The predicted molar refractivity (Wildman–Crippen MR) is 118 cm³/mol. The first-order chi connectivity index (χ1) is 17.1. The quantitative estimate of drug-likeness (QED) is 0.165. The second kappa shape index (κ2) is 13.1. The first-order valence-corrected chi connectivity index (χ1v) is 10.5. The topological polar surface area (TPSA) is 219 Å². The van der Waals surface area contributed by atoms with Crippen LogP contribution in [-0.2, 0) is 28.7 Å². The molecule has 0 fully saturated rings. The molecule has 0 amide bonds. The van der Waals surface area contributed by atoms with Gasteiger partial charge in [0.2, 0.25) is 0 Å². The van der Waals surface area contributed by atoms with Crippen molar-refractivity contribution in [3.8, 4) is 6.07 Å². The second-order valence-electron chi connectivity index (χ2n) is 7.25. The Morgan fingerprint density at radius 2 is 1.58 bits per heavy atom. The van der Waals surface area contributed by atoms with Crippen molar-refractivity contribution in [2.45, 2.75) is 25.7 Å². The Kier molecular flexibility index (Phi) is 9.98. The van der Waals surface area contributed by atoms with Gasteiger partial charge in [-0.2, -0.15) is 5.26 Å². The summed E-state index contributed by atoms with van der Waals surface area (Å²) in [6, 6.07) is 8.16. The van der Waals surface area contributed by atoms with Crippen LogP contribution in [0.5, 0.6) is 0 Å². The van der Waals surface area contributed by atoms with Crippen molar-refractivity contribution in [3.05, 3.63) is 78.3 Å². The molecule has 0 saturated carbocycles. The van der Waals surface area contributed by atoms with Crippen LogP contribution in [0.25, 0.3) is 0 Å². The van der Waals surface area contributed by atoms with Crippen LogP contribution >= 0.6 is 0 Å². The fourth-order valence-electron chi connectivity index (χ4n) is 3.35. The molecule has 36 heavy (non-hydrogen) atoms.